The highest BCUT2D eigenvalue weighted by atomic mass is 35.5. The highest BCUT2D eigenvalue weighted by molar-refractivity contribution is 6.52. The van der Waals surface area contributed by atoms with Gasteiger partial charge in [0, 0.05) is 5.69 Å². The minimum atomic E-state index is -1.13. The van der Waals surface area contributed by atoms with Gasteiger partial charge in [0.2, 0.25) is 0 Å². The summed E-state index contributed by atoms with van der Waals surface area (Å²) in [6.07, 6.45) is 0. The van der Waals surface area contributed by atoms with Gasteiger partial charge in [-0.3, -0.25) is 14.5 Å². The van der Waals surface area contributed by atoms with Gasteiger partial charge in [0.05, 0.1) is 56.2 Å². The minimum absolute atomic E-state index is 0.0151. The van der Waals surface area contributed by atoms with Crippen LogP contribution >= 0.6 is 23.2 Å². The van der Waals surface area contributed by atoms with E-state index in [0.29, 0.717) is 11.3 Å². The fraction of sp³-hybridized carbons (Fsp3) is 0.179. The molecule has 1 unspecified atom stereocenters. The summed E-state index contributed by atoms with van der Waals surface area (Å²) < 4.78 is 20.8. The Morgan fingerprint density at radius 1 is 0.897 bits per heavy atom. The van der Waals surface area contributed by atoms with E-state index in [1.54, 1.807) is 36.4 Å². The molecule has 9 nitrogen and oxygen atoms in total. The quantitative estimate of drug-likeness (QED) is 0.173. The van der Waals surface area contributed by atoms with Crippen molar-refractivity contribution in [3.63, 3.8) is 0 Å². The second kappa shape index (κ2) is 11.3. The molecule has 1 fully saturated rings. The van der Waals surface area contributed by atoms with Crippen molar-refractivity contribution in [1.82, 2.24) is 0 Å². The van der Waals surface area contributed by atoms with Gasteiger partial charge in [0.25, 0.3) is 11.7 Å². The summed E-state index contributed by atoms with van der Waals surface area (Å²) in [4.78, 5) is 40.4. The number of hydrogen-bond acceptors (Lipinski definition) is 8. The highest BCUT2D eigenvalue weighted by Gasteiger charge is 2.47. The Morgan fingerprint density at radius 3 is 2.23 bits per heavy atom. The van der Waals surface area contributed by atoms with Gasteiger partial charge in [-0.05, 0) is 42.0 Å². The van der Waals surface area contributed by atoms with Crippen LogP contribution in [0, 0.1) is 0 Å². The Labute approximate surface area is 234 Å². The molecule has 3 aromatic carbocycles. The first kappa shape index (κ1) is 27.8. The minimum Gasteiger partial charge on any atom is -0.507 e. The molecule has 0 radical (unpaired) electrons. The van der Waals surface area contributed by atoms with Crippen LogP contribution in [-0.4, -0.2) is 51.2 Å². The largest absolute Gasteiger partial charge is 0.507 e. The maximum absolute atomic E-state index is 13.5. The fourth-order valence-corrected chi connectivity index (χ4v) is 5.11. The molecule has 4 rings (SSSR count). The van der Waals surface area contributed by atoms with Crippen molar-refractivity contribution in [1.29, 1.82) is 0 Å². The zero-order valence-corrected chi connectivity index (χ0v) is 22.8. The number of Topliss-reactive ketones (excluding diaryl/α,β-unsaturated/α-hetero) is 1. The number of halogens is 2. The van der Waals surface area contributed by atoms with Crippen molar-refractivity contribution in [3.05, 3.63) is 86.9 Å². The molecule has 1 heterocycles. The van der Waals surface area contributed by atoms with Gasteiger partial charge < -0.3 is 24.1 Å². The average Bonchev–Trinajstić information content (AvgIpc) is 3.22. The van der Waals surface area contributed by atoms with Crippen molar-refractivity contribution in [2.45, 2.75) is 6.04 Å². The van der Waals surface area contributed by atoms with Gasteiger partial charge in [-0.25, -0.2) is 4.79 Å². The van der Waals surface area contributed by atoms with Crippen LogP contribution in [0.4, 0.5) is 5.69 Å². The summed E-state index contributed by atoms with van der Waals surface area (Å²) in [5.41, 5.74) is 0.555. The number of rotatable bonds is 7. The molecule has 202 valence electrons. The fourth-order valence-electron chi connectivity index (χ4n) is 4.42. The third-order valence-electron chi connectivity index (χ3n) is 6.19. The zero-order chi connectivity index (χ0) is 28.4. The monoisotopic (exact) mass is 571 g/mol. The molecule has 1 N–H and O–H groups in total. The van der Waals surface area contributed by atoms with E-state index in [-0.39, 0.29) is 43.9 Å². The lowest BCUT2D eigenvalue weighted by atomic mass is 9.94. The Morgan fingerprint density at radius 2 is 1.59 bits per heavy atom. The lowest BCUT2D eigenvalue weighted by Gasteiger charge is -2.26. The predicted molar refractivity (Wildman–Crippen MR) is 145 cm³/mol. The molecule has 0 saturated carbocycles. The topological polar surface area (TPSA) is 112 Å². The van der Waals surface area contributed by atoms with E-state index in [0.717, 1.165) is 0 Å². The molecule has 0 aromatic heterocycles. The standard InChI is InChI=1S/C28H23Cl2NO8/c1-36-17-10-6-7-14(12-17)22-20(23(32)18-13-19(29)26(38-3)21(30)25(18)37-2)24(33)27(34)31(22)16-9-5-8-15(11-16)28(35)39-4/h5-13,22,32H,1-4H3/b23-20+. The van der Waals surface area contributed by atoms with Crippen LogP contribution in [0.15, 0.2) is 60.2 Å². The van der Waals surface area contributed by atoms with Gasteiger partial charge in [0.1, 0.15) is 16.5 Å². The number of ether oxygens (including phenoxy) is 4. The number of benzene rings is 3. The van der Waals surface area contributed by atoms with Gasteiger partial charge in [-0.2, -0.15) is 0 Å². The first-order valence-electron chi connectivity index (χ1n) is 11.4. The van der Waals surface area contributed by atoms with E-state index in [1.165, 1.54) is 51.5 Å². The van der Waals surface area contributed by atoms with E-state index < -0.39 is 29.5 Å². The molecule has 3 aromatic rings. The van der Waals surface area contributed by atoms with Crippen LogP contribution < -0.4 is 19.1 Å². The molecule has 0 spiro atoms. The number of aliphatic hydroxyl groups excluding tert-OH is 1. The van der Waals surface area contributed by atoms with Crippen molar-refractivity contribution in [2.75, 3.05) is 33.3 Å². The molecular formula is C28H23Cl2NO8. The van der Waals surface area contributed by atoms with Crippen molar-refractivity contribution < 1.29 is 38.4 Å². The van der Waals surface area contributed by atoms with Crippen molar-refractivity contribution in [3.8, 4) is 17.2 Å². The van der Waals surface area contributed by atoms with E-state index in [9.17, 15) is 19.5 Å². The van der Waals surface area contributed by atoms with Crippen LogP contribution in [-0.2, 0) is 14.3 Å². The number of aliphatic hydroxyl groups is 1. The third kappa shape index (κ3) is 4.86. The number of amides is 1. The summed E-state index contributed by atoms with van der Waals surface area (Å²) in [5, 5.41) is 11.6. The molecule has 1 amide bonds. The summed E-state index contributed by atoms with van der Waals surface area (Å²) in [5.74, 6) is -2.57. The van der Waals surface area contributed by atoms with Crippen molar-refractivity contribution >= 4 is 52.3 Å². The van der Waals surface area contributed by atoms with Gasteiger partial charge in [-0.15, -0.1) is 0 Å². The smallest absolute Gasteiger partial charge is 0.337 e. The molecular weight excluding hydrogens is 549 g/mol. The van der Waals surface area contributed by atoms with Crippen LogP contribution in [0.1, 0.15) is 27.5 Å². The van der Waals surface area contributed by atoms with Gasteiger partial charge in [-0.1, -0.05) is 41.4 Å². The van der Waals surface area contributed by atoms with E-state index in [4.69, 9.17) is 42.1 Å². The van der Waals surface area contributed by atoms with Gasteiger partial charge >= 0.3 is 5.97 Å². The molecule has 1 saturated heterocycles. The number of carbonyl (C=O) groups excluding carboxylic acids is 3. The maximum Gasteiger partial charge on any atom is 0.337 e. The Balaban J connectivity index is 2.02. The van der Waals surface area contributed by atoms with Crippen LogP contribution in [0.25, 0.3) is 5.76 Å². The molecule has 1 atom stereocenters. The van der Waals surface area contributed by atoms with E-state index in [2.05, 4.69) is 0 Å². The Bertz CT molecular complexity index is 1520. The number of carbonyl (C=O) groups is 3. The third-order valence-corrected chi connectivity index (χ3v) is 6.82. The number of anilines is 1. The average molecular weight is 572 g/mol. The SMILES string of the molecule is COC(=O)c1cccc(N2C(=O)C(=O)/C(=C(/O)c3cc(Cl)c(OC)c(Cl)c3OC)C2c2cccc(OC)c2)c1. The van der Waals surface area contributed by atoms with Crippen LogP contribution in [0.2, 0.25) is 10.0 Å². The lowest BCUT2D eigenvalue weighted by molar-refractivity contribution is -0.132. The van der Waals surface area contributed by atoms with E-state index >= 15 is 0 Å². The molecule has 1 aliphatic heterocycles. The normalized spacial score (nSPS) is 16.3. The number of nitrogens with zero attached hydrogens (tertiary/aromatic N) is 1. The maximum atomic E-state index is 13.5. The second-order valence-corrected chi connectivity index (χ2v) is 9.06. The molecule has 39 heavy (non-hydrogen) atoms. The van der Waals surface area contributed by atoms with E-state index in [1.807, 2.05) is 0 Å². The number of ketones is 1. The lowest BCUT2D eigenvalue weighted by Crippen LogP contribution is -2.29. The molecule has 0 aliphatic carbocycles. The number of esters is 1. The summed E-state index contributed by atoms with van der Waals surface area (Å²) >= 11 is 12.8. The number of hydrogen-bond donors (Lipinski definition) is 1. The molecule has 11 heteroatoms. The Kier molecular flexibility index (Phi) is 8.03. The highest BCUT2D eigenvalue weighted by Crippen LogP contribution is 2.48. The van der Waals surface area contributed by atoms with Gasteiger partial charge in [0.15, 0.2) is 11.5 Å². The second-order valence-electron chi connectivity index (χ2n) is 8.27. The Hall–Kier alpha value is -4.21. The first-order chi connectivity index (χ1) is 18.7. The zero-order valence-electron chi connectivity index (χ0n) is 21.3. The van der Waals surface area contributed by atoms with Crippen LogP contribution in [0.3, 0.4) is 0 Å². The first-order valence-corrected chi connectivity index (χ1v) is 12.2. The predicted octanol–water partition coefficient (Wildman–Crippen LogP) is 5.43. The summed E-state index contributed by atoms with van der Waals surface area (Å²) in [6, 6.07) is 12.9. The number of methoxy groups -OCH3 is 4. The summed E-state index contributed by atoms with van der Waals surface area (Å²) in [6.45, 7) is 0. The summed E-state index contributed by atoms with van der Waals surface area (Å²) in [7, 11) is 5.39. The van der Waals surface area contributed by atoms with Crippen LogP contribution in [0.5, 0.6) is 17.2 Å². The van der Waals surface area contributed by atoms with Crippen molar-refractivity contribution in [2.24, 2.45) is 0 Å². The molecule has 1 aliphatic rings. The molecule has 0 bridgehead atoms.